The molecule has 0 atom stereocenters. The second-order valence-corrected chi connectivity index (χ2v) is 2.66. The van der Waals surface area contributed by atoms with Gasteiger partial charge in [-0.15, -0.1) is 12.4 Å². The van der Waals surface area contributed by atoms with Gasteiger partial charge in [-0.25, -0.2) is 0 Å². The van der Waals surface area contributed by atoms with Crippen molar-refractivity contribution in [3.63, 3.8) is 0 Å². The van der Waals surface area contributed by atoms with Crippen LogP contribution < -0.4 is 5.73 Å². The van der Waals surface area contributed by atoms with Gasteiger partial charge in [0.2, 0.25) is 0 Å². The molecule has 0 saturated heterocycles. The Kier molecular flexibility index (Phi) is 3.93. The van der Waals surface area contributed by atoms with Crippen molar-refractivity contribution in [3.8, 4) is 0 Å². The fourth-order valence-corrected chi connectivity index (χ4v) is 0.936. The highest BCUT2D eigenvalue weighted by Crippen LogP contribution is 2.45. The molecule has 0 unspecified atom stereocenters. The number of hydrogen-bond acceptors (Lipinski definition) is 1. The Morgan fingerprint density at radius 1 is 0.933 bits per heavy atom. The molecule has 1 aromatic carbocycles. The van der Waals surface area contributed by atoms with Crippen molar-refractivity contribution in [2.24, 2.45) is 0 Å². The molecule has 0 aromatic heterocycles. The molecule has 0 aliphatic carbocycles. The molecule has 1 nitrogen and oxygen atoms in total. The predicted octanol–water partition coefficient (Wildman–Crippen LogP) is 3.34. The predicted molar refractivity (Wildman–Crippen MR) is 48.1 cm³/mol. The molecule has 0 saturated carbocycles. The number of nitrogen functional groups attached to an aromatic ring is 1. The summed E-state index contributed by atoms with van der Waals surface area (Å²) in [7, 11) is 0. The molecule has 86 valence electrons. The van der Waals surface area contributed by atoms with Crippen LogP contribution in [0.5, 0.6) is 0 Å². The maximum absolute atomic E-state index is 12.7. The quantitative estimate of drug-likeness (QED) is 0.598. The average molecular weight is 248 g/mol. The molecule has 0 heterocycles. The van der Waals surface area contributed by atoms with Crippen molar-refractivity contribution in [2.75, 3.05) is 5.73 Å². The van der Waals surface area contributed by atoms with Crippen LogP contribution in [0, 0.1) is 0 Å². The summed E-state index contributed by atoms with van der Waals surface area (Å²) in [6.45, 7) is 0. The van der Waals surface area contributed by atoms with Gasteiger partial charge in [0.1, 0.15) is 0 Å². The number of rotatable bonds is 1. The molecule has 1 aromatic rings. The van der Waals surface area contributed by atoms with Crippen molar-refractivity contribution in [1.29, 1.82) is 0 Å². The Morgan fingerprint density at radius 2 is 1.40 bits per heavy atom. The molecule has 0 amide bonds. The van der Waals surface area contributed by atoms with Gasteiger partial charge in [0.15, 0.2) is 0 Å². The van der Waals surface area contributed by atoms with Gasteiger partial charge in [-0.3, -0.25) is 0 Å². The Bertz CT molecular complexity index is 336. The first-order valence-corrected chi connectivity index (χ1v) is 3.56. The minimum Gasteiger partial charge on any atom is -0.398 e. The Balaban J connectivity index is 0.00000196. The number of benzene rings is 1. The zero-order chi connectivity index (χ0) is 11.0. The molecule has 0 bridgehead atoms. The van der Waals surface area contributed by atoms with Crippen molar-refractivity contribution >= 4 is 18.1 Å². The minimum atomic E-state index is -5.62. The van der Waals surface area contributed by atoms with Crippen LogP contribution in [0.3, 0.4) is 0 Å². The molecule has 15 heavy (non-hydrogen) atoms. The molecule has 0 radical (unpaired) electrons. The minimum absolute atomic E-state index is 0. The van der Waals surface area contributed by atoms with E-state index >= 15 is 0 Å². The lowest BCUT2D eigenvalue weighted by atomic mass is 10.1. The van der Waals surface area contributed by atoms with Gasteiger partial charge in [0.05, 0.1) is 5.56 Å². The number of nitrogens with two attached hydrogens (primary N) is 1. The van der Waals surface area contributed by atoms with Crippen LogP contribution in [0.2, 0.25) is 0 Å². The van der Waals surface area contributed by atoms with Crippen LogP contribution in [0.1, 0.15) is 5.56 Å². The second-order valence-electron chi connectivity index (χ2n) is 2.66. The maximum atomic E-state index is 12.7. The Hall–Kier alpha value is -1.04. The summed E-state index contributed by atoms with van der Waals surface area (Å²) in [5.41, 5.74) is 3.23. The summed E-state index contributed by atoms with van der Waals surface area (Å²) in [6, 6.07) is 4.01. The van der Waals surface area contributed by atoms with Crippen LogP contribution >= 0.6 is 12.4 Å². The number of hydrogen-bond donors (Lipinski definition) is 1. The van der Waals surface area contributed by atoms with Crippen LogP contribution in [0.15, 0.2) is 24.3 Å². The number of anilines is 1. The van der Waals surface area contributed by atoms with E-state index in [0.717, 1.165) is 12.1 Å². The summed E-state index contributed by atoms with van der Waals surface area (Å²) in [6.07, 6.45) is -5.62. The van der Waals surface area contributed by atoms with Gasteiger partial charge in [0.25, 0.3) is 0 Å². The van der Waals surface area contributed by atoms with Crippen LogP contribution in [-0.2, 0) is 5.92 Å². The van der Waals surface area contributed by atoms with E-state index in [0.29, 0.717) is 6.07 Å². The average Bonchev–Trinajstić information content (AvgIpc) is 2.02. The summed E-state index contributed by atoms with van der Waals surface area (Å²) in [5, 5.41) is 0. The van der Waals surface area contributed by atoms with Gasteiger partial charge >= 0.3 is 12.1 Å². The Morgan fingerprint density at radius 3 is 1.80 bits per heavy atom. The van der Waals surface area contributed by atoms with Gasteiger partial charge in [-0.2, -0.15) is 22.0 Å². The van der Waals surface area contributed by atoms with Gasteiger partial charge in [-0.1, -0.05) is 18.2 Å². The smallest absolute Gasteiger partial charge is 0.398 e. The highest BCUT2D eigenvalue weighted by Gasteiger charge is 2.59. The van der Waals surface area contributed by atoms with E-state index in [-0.39, 0.29) is 12.4 Å². The van der Waals surface area contributed by atoms with Crippen LogP contribution in [0.25, 0.3) is 0 Å². The summed E-state index contributed by atoms with van der Waals surface area (Å²) in [4.78, 5) is 0. The number of halogens is 6. The van der Waals surface area contributed by atoms with Crippen molar-refractivity contribution < 1.29 is 22.0 Å². The first-order chi connectivity index (χ1) is 6.27. The van der Waals surface area contributed by atoms with E-state index in [9.17, 15) is 22.0 Å². The van der Waals surface area contributed by atoms with Crippen molar-refractivity contribution in [2.45, 2.75) is 12.1 Å². The molecule has 2 N–H and O–H groups in total. The third kappa shape index (κ3) is 2.50. The van der Waals surface area contributed by atoms with Gasteiger partial charge < -0.3 is 5.73 Å². The van der Waals surface area contributed by atoms with Crippen molar-refractivity contribution in [1.82, 2.24) is 0 Å². The van der Waals surface area contributed by atoms with Crippen molar-refractivity contribution in [3.05, 3.63) is 29.8 Å². The largest absolute Gasteiger partial charge is 0.458 e. The fourth-order valence-electron chi connectivity index (χ4n) is 0.936. The lowest BCUT2D eigenvalue weighted by Crippen LogP contribution is -2.34. The van der Waals surface area contributed by atoms with E-state index in [1.54, 1.807) is 0 Å². The first-order valence-electron chi connectivity index (χ1n) is 3.56. The fraction of sp³-hybridized carbons (Fsp3) is 0.250. The molecule has 0 spiro atoms. The highest BCUT2D eigenvalue weighted by molar-refractivity contribution is 5.85. The molecule has 0 fully saturated rings. The van der Waals surface area contributed by atoms with Crippen LogP contribution in [0.4, 0.5) is 27.6 Å². The zero-order valence-corrected chi connectivity index (χ0v) is 8.00. The van der Waals surface area contributed by atoms with E-state index in [4.69, 9.17) is 5.73 Å². The van der Waals surface area contributed by atoms with Gasteiger partial charge in [0, 0.05) is 5.69 Å². The van der Waals surface area contributed by atoms with E-state index < -0.39 is 23.3 Å². The molecule has 7 heteroatoms. The zero-order valence-electron chi connectivity index (χ0n) is 7.18. The lowest BCUT2D eigenvalue weighted by molar-refractivity contribution is -0.289. The maximum Gasteiger partial charge on any atom is 0.458 e. The number of para-hydroxylation sites is 1. The molecular formula is C8H7ClF5N. The summed E-state index contributed by atoms with van der Waals surface area (Å²) in [5.74, 6) is -4.90. The third-order valence-electron chi connectivity index (χ3n) is 1.66. The third-order valence-corrected chi connectivity index (χ3v) is 1.66. The van der Waals surface area contributed by atoms with E-state index in [1.807, 2.05) is 0 Å². The second kappa shape index (κ2) is 4.22. The molecule has 0 aliphatic heterocycles. The Labute approximate surface area is 88.5 Å². The normalized spacial score (nSPS) is 12.1. The standard InChI is InChI=1S/C8H6F5N.ClH/c9-7(10,8(11,12)13)5-3-1-2-4-6(5)14;/h1-4H,14H2;1H. The molecular weight excluding hydrogens is 241 g/mol. The summed E-state index contributed by atoms with van der Waals surface area (Å²) < 4.78 is 61.1. The van der Waals surface area contributed by atoms with Gasteiger partial charge in [-0.05, 0) is 6.07 Å². The lowest BCUT2D eigenvalue weighted by Gasteiger charge is -2.20. The molecule has 1 rings (SSSR count). The van der Waals surface area contributed by atoms with E-state index in [2.05, 4.69) is 0 Å². The highest BCUT2D eigenvalue weighted by atomic mass is 35.5. The number of alkyl halides is 5. The monoisotopic (exact) mass is 247 g/mol. The first kappa shape index (κ1) is 14.0. The topological polar surface area (TPSA) is 26.0 Å². The molecule has 0 aliphatic rings. The SMILES string of the molecule is Cl.Nc1ccccc1C(F)(F)C(F)(F)F. The summed E-state index contributed by atoms with van der Waals surface area (Å²) >= 11 is 0. The van der Waals surface area contributed by atoms with E-state index in [1.165, 1.54) is 6.07 Å². The van der Waals surface area contributed by atoms with Crippen LogP contribution in [-0.4, -0.2) is 6.18 Å².